The highest BCUT2D eigenvalue weighted by Gasteiger charge is 2.43. The van der Waals surface area contributed by atoms with Gasteiger partial charge >= 0.3 is 0 Å². The van der Waals surface area contributed by atoms with Crippen molar-refractivity contribution in [2.45, 2.75) is 46.5 Å². The van der Waals surface area contributed by atoms with E-state index in [9.17, 15) is 4.79 Å². The lowest BCUT2D eigenvalue weighted by Crippen LogP contribution is -2.27. The molecule has 25 heavy (non-hydrogen) atoms. The number of carbonyl (C=O) groups is 1. The molecule has 1 heterocycles. The summed E-state index contributed by atoms with van der Waals surface area (Å²) in [6, 6.07) is 3.91. The van der Waals surface area contributed by atoms with Gasteiger partial charge in [0.05, 0.1) is 13.7 Å². The highest BCUT2D eigenvalue weighted by atomic mass is 16.8. The molecule has 2 atom stereocenters. The van der Waals surface area contributed by atoms with E-state index in [-0.39, 0.29) is 18.3 Å². The topological polar surface area (TPSA) is 63.3 Å². The second-order valence-corrected chi connectivity index (χ2v) is 6.11. The van der Waals surface area contributed by atoms with E-state index in [0.29, 0.717) is 12.4 Å². The van der Waals surface area contributed by atoms with Crippen molar-refractivity contribution < 1.29 is 19.0 Å². The van der Waals surface area contributed by atoms with Gasteiger partial charge in [-0.25, -0.2) is 0 Å². The summed E-state index contributed by atoms with van der Waals surface area (Å²) < 4.78 is 17.0. The molecule has 0 bridgehead atoms. The van der Waals surface area contributed by atoms with Crippen LogP contribution >= 0.6 is 0 Å². The predicted molar refractivity (Wildman–Crippen MR) is 98.0 cm³/mol. The van der Waals surface area contributed by atoms with Crippen LogP contribution < -0.4 is 10.1 Å². The van der Waals surface area contributed by atoms with E-state index in [4.69, 9.17) is 14.2 Å². The Morgan fingerprint density at radius 3 is 2.56 bits per heavy atom. The lowest BCUT2D eigenvalue weighted by atomic mass is 10.0. The fourth-order valence-corrected chi connectivity index (χ4v) is 2.92. The van der Waals surface area contributed by atoms with Crippen LogP contribution in [0.5, 0.6) is 5.75 Å². The maximum atomic E-state index is 11.4. The number of carbonyl (C=O) groups excluding carboxylic acids is 1. The number of ether oxygens (including phenoxy) is 3. The minimum absolute atomic E-state index is 0.0928. The zero-order valence-corrected chi connectivity index (χ0v) is 15.9. The number of anilines is 1. The zero-order chi connectivity index (χ0) is 18.4. The van der Waals surface area contributed by atoms with Gasteiger partial charge in [0.1, 0.15) is 11.9 Å². The molecule has 0 aromatic heterocycles. The van der Waals surface area contributed by atoms with Crippen molar-refractivity contribution in [2.75, 3.05) is 38.7 Å². The summed E-state index contributed by atoms with van der Waals surface area (Å²) >= 11 is 0. The first-order chi connectivity index (χ1) is 12.0. The van der Waals surface area contributed by atoms with E-state index in [1.165, 1.54) is 6.92 Å². The van der Waals surface area contributed by atoms with E-state index >= 15 is 0 Å². The Bertz CT molecular complexity index is 587. The van der Waals surface area contributed by atoms with Gasteiger partial charge in [-0.3, -0.25) is 4.79 Å². The van der Waals surface area contributed by atoms with Gasteiger partial charge in [-0.05, 0) is 31.1 Å². The first kappa shape index (κ1) is 19.7. The fourth-order valence-electron chi connectivity index (χ4n) is 2.92. The SMILES string of the molecule is CCc1cc(C2OC2OCCN(CC)CC)c(OC)cc1NC(C)=O. The summed E-state index contributed by atoms with van der Waals surface area (Å²) in [5.74, 6) is 0.616. The van der Waals surface area contributed by atoms with Gasteiger partial charge in [0.2, 0.25) is 5.91 Å². The minimum atomic E-state index is -0.221. The summed E-state index contributed by atoms with van der Waals surface area (Å²) in [5, 5.41) is 2.86. The average Bonchev–Trinajstić information content (AvgIpc) is 3.37. The molecule has 6 nitrogen and oxygen atoms in total. The molecule has 1 saturated heterocycles. The maximum absolute atomic E-state index is 11.4. The molecule has 2 rings (SSSR count). The number of rotatable bonds is 10. The van der Waals surface area contributed by atoms with E-state index in [1.807, 2.05) is 12.1 Å². The van der Waals surface area contributed by atoms with Gasteiger partial charge in [-0.2, -0.15) is 0 Å². The number of epoxide rings is 1. The summed E-state index contributed by atoms with van der Waals surface area (Å²) in [7, 11) is 1.63. The van der Waals surface area contributed by atoms with Crippen molar-refractivity contribution in [3.8, 4) is 5.75 Å². The van der Waals surface area contributed by atoms with Gasteiger partial charge in [0.15, 0.2) is 6.29 Å². The quantitative estimate of drug-likeness (QED) is 0.657. The molecule has 1 N–H and O–H groups in total. The highest BCUT2D eigenvalue weighted by Crippen LogP contribution is 2.45. The minimum Gasteiger partial charge on any atom is -0.496 e. The van der Waals surface area contributed by atoms with Gasteiger partial charge in [0.25, 0.3) is 0 Å². The first-order valence-electron chi connectivity index (χ1n) is 9.01. The second kappa shape index (κ2) is 9.17. The lowest BCUT2D eigenvalue weighted by molar-refractivity contribution is -0.114. The normalized spacial score (nSPS) is 19.1. The van der Waals surface area contributed by atoms with E-state index in [0.717, 1.165) is 42.9 Å². The van der Waals surface area contributed by atoms with E-state index in [2.05, 4.69) is 31.0 Å². The van der Waals surface area contributed by atoms with Gasteiger partial charge in [0, 0.05) is 30.8 Å². The molecule has 2 unspecified atom stereocenters. The van der Waals surface area contributed by atoms with Crippen molar-refractivity contribution >= 4 is 11.6 Å². The number of likely N-dealkylation sites (N-methyl/N-ethyl adjacent to an activating group) is 1. The number of amides is 1. The number of benzene rings is 1. The number of nitrogens with zero attached hydrogens (tertiary/aromatic N) is 1. The van der Waals surface area contributed by atoms with Crippen LogP contribution in [-0.2, 0) is 20.7 Å². The zero-order valence-electron chi connectivity index (χ0n) is 15.9. The molecule has 0 spiro atoms. The van der Waals surface area contributed by atoms with Gasteiger partial charge < -0.3 is 24.4 Å². The predicted octanol–water partition coefficient (Wildman–Crippen LogP) is 2.97. The summed E-state index contributed by atoms with van der Waals surface area (Å²) in [6.07, 6.45) is 0.483. The second-order valence-electron chi connectivity index (χ2n) is 6.11. The van der Waals surface area contributed by atoms with E-state index < -0.39 is 0 Å². The smallest absolute Gasteiger partial charge is 0.221 e. The average molecular weight is 350 g/mol. The van der Waals surface area contributed by atoms with Crippen molar-refractivity contribution in [3.63, 3.8) is 0 Å². The number of hydrogen-bond donors (Lipinski definition) is 1. The van der Waals surface area contributed by atoms with Crippen LogP contribution in [0.25, 0.3) is 0 Å². The van der Waals surface area contributed by atoms with Crippen molar-refractivity contribution in [1.82, 2.24) is 4.90 Å². The summed E-state index contributed by atoms with van der Waals surface area (Å²) in [4.78, 5) is 13.7. The van der Waals surface area contributed by atoms with Crippen LogP contribution in [0.3, 0.4) is 0 Å². The third kappa shape index (κ3) is 5.17. The Labute approximate surface area is 150 Å². The molecular weight excluding hydrogens is 320 g/mol. The third-order valence-corrected chi connectivity index (χ3v) is 4.49. The maximum Gasteiger partial charge on any atom is 0.221 e. The number of nitrogens with one attached hydrogen (secondary N) is 1. The van der Waals surface area contributed by atoms with Crippen LogP contribution in [0, 0.1) is 0 Å². The van der Waals surface area contributed by atoms with Gasteiger partial charge in [-0.15, -0.1) is 0 Å². The molecule has 0 radical (unpaired) electrons. The summed E-state index contributed by atoms with van der Waals surface area (Å²) in [5.41, 5.74) is 2.82. The monoisotopic (exact) mass is 350 g/mol. The molecule has 0 saturated carbocycles. The van der Waals surface area contributed by atoms with Crippen LogP contribution in [0.2, 0.25) is 0 Å². The van der Waals surface area contributed by atoms with Crippen LogP contribution in [0.4, 0.5) is 5.69 Å². The molecule has 1 aromatic carbocycles. The first-order valence-corrected chi connectivity index (χ1v) is 9.01. The Balaban J connectivity index is 2.03. The fraction of sp³-hybridized carbons (Fsp3) is 0.632. The molecule has 1 fully saturated rings. The molecule has 1 aliphatic heterocycles. The van der Waals surface area contributed by atoms with Crippen LogP contribution in [0.15, 0.2) is 12.1 Å². The van der Waals surface area contributed by atoms with Crippen molar-refractivity contribution in [3.05, 3.63) is 23.3 Å². The molecule has 0 aliphatic carbocycles. The molecule has 140 valence electrons. The van der Waals surface area contributed by atoms with E-state index in [1.54, 1.807) is 7.11 Å². The Morgan fingerprint density at radius 2 is 2.00 bits per heavy atom. The summed E-state index contributed by atoms with van der Waals surface area (Å²) in [6.45, 7) is 11.4. The lowest BCUT2D eigenvalue weighted by Gasteiger charge is -2.17. The Kier molecular flexibility index (Phi) is 7.23. The largest absolute Gasteiger partial charge is 0.496 e. The van der Waals surface area contributed by atoms with Gasteiger partial charge in [-0.1, -0.05) is 20.8 Å². The van der Waals surface area contributed by atoms with Crippen molar-refractivity contribution in [2.24, 2.45) is 0 Å². The van der Waals surface area contributed by atoms with Crippen molar-refractivity contribution in [1.29, 1.82) is 0 Å². The molecular formula is C19H30N2O4. The molecule has 1 amide bonds. The van der Waals surface area contributed by atoms with Crippen LogP contribution in [0.1, 0.15) is 44.9 Å². The molecule has 1 aliphatic rings. The molecule has 1 aromatic rings. The standard InChI is InChI=1S/C19H30N2O4/c1-6-14-11-15(17(23-5)12-16(14)20-13(4)22)18-19(25-18)24-10-9-21(7-2)8-3/h11-12,18-19H,6-10H2,1-5H3,(H,20,22). The number of methoxy groups -OCH3 is 1. The number of hydrogen-bond acceptors (Lipinski definition) is 5. The third-order valence-electron chi connectivity index (χ3n) is 4.49. The highest BCUT2D eigenvalue weighted by molar-refractivity contribution is 5.90. The molecule has 6 heteroatoms. The number of aryl methyl sites for hydroxylation is 1. The Morgan fingerprint density at radius 1 is 1.28 bits per heavy atom. The van der Waals surface area contributed by atoms with Crippen LogP contribution in [-0.4, -0.2) is 50.4 Å². The Hall–Kier alpha value is -1.63.